The highest BCUT2D eigenvalue weighted by molar-refractivity contribution is 5.77. The quantitative estimate of drug-likeness (QED) is 0.689. The topological polar surface area (TPSA) is 44.8 Å². The minimum Gasteiger partial charge on any atom is -0.497 e. The van der Waals surface area contributed by atoms with Gasteiger partial charge in [0.2, 0.25) is 0 Å². The number of methoxy groups -OCH3 is 2. The van der Waals surface area contributed by atoms with E-state index in [4.69, 9.17) is 14.2 Å². The summed E-state index contributed by atoms with van der Waals surface area (Å²) in [6.45, 7) is -0.0383. The molecule has 0 bridgehead atoms. The lowest BCUT2D eigenvalue weighted by molar-refractivity contribution is -0.147. The SMILES string of the molecule is COc1ccc(OC)c(COC(=O)C2CC2c2ccccc2C(F)(F)F)c1. The first-order chi connectivity index (χ1) is 12.8. The summed E-state index contributed by atoms with van der Waals surface area (Å²) in [7, 11) is 3.02. The maximum atomic E-state index is 13.1. The second-order valence-corrected chi connectivity index (χ2v) is 6.32. The Labute approximate surface area is 154 Å². The maximum Gasteiger partial charge on any atom is 0.416 e. The predicted octanol–water partition coefficient (Wildman–Crippen LogP) is 4.57. The average Bonchev–Trinajstić information content (AvgIpc) is 3.46. The lowest BCUT2D eigenvalue weighted by Gasteiger charge is -2.13. The van der Waals surface area contributed by atoms with Crippen LogP contribution in [0.4, 0.5) is 13.2 Å². The smallest absolute Gasteiger partial charge is 0.416 e. The van der Waals surface area contributed by atoms with E-state index in [2.05, 4.69) is 0 Å². The molecule has 0 amide bonds. The van der Waals surface area contributed by atoms with E-state index < -0.39 is 29.5 Å². The second kappa shape index (κ2) is 7.50. The Bertz CT molecular complexity index is 832. The van der Waals surface area contributed by atoms with E-state index in [1.807, 2.05) is 0 Å². The van der Waals surface area contributed by atoms with Gasteiger partial charge in [-0.2, -0.15) is 13.2 Å². The first-order valence-corrected chi connectivity index (χ1v) is 8.38. The van der Waals surface area contributed by atoms with Gasteiger partial charge < -0.3 is 14.2 Å². The summed E-state index contributed by atoms with van der Waals surface area (Å²) in [5.41, 5.74) is 0.0729. The molecule has 1 aliphatic rings. The summed E-state index contributed by atoms with van der Waals surface area (Å²) >= 11 is 0. The number of carbonyl (C=O) groups excluding carboxylic acids is 1. The standard InChI is InChI=1S/C20H19F3O4/c1-25-13-7-8-18(26-2)12(9-13)11-27-19(24)16-10-15(16)14-5-3-4-6-17(14)20(21,22)23/h3-9,15-16H,10-11H2,1-2H3. The summed E-state index contributed by atoms with van der Waals surface area (Å²) in [6, 6.07) is 10.5. The van der Waals surface area contributed by atoms with E-state index in [9.17, 15) is 18.0 Å². The van der Waals surface area contributed by atoms with Gasteiger partial charge in [-0.3, -0.25) is 4.79 Å². The summed E-state index contributed by atoms with van der Waals surface area (Å²) in [4.78, 5) is 12.3. The van der Waals surface area contributed by atoms with E-state index >= 15 is 0 Å². The van der Waals surface area contributed by atoms with Gasteiger partial charge in [-0.1, -0.05) is 18.2 Å². The van der Waals surface area contributed by atoms with Crippen LogP contribution in [0.2, 0.25) is 0 Å². The molecule has 27 heavy (non-hydrogen) atoms. The third kappa shape index (κ3) is 4.18. The number of hydrogen-bond donors (Lipinski definition) is 0. The largest absolute Gasteiger partial charge is 0.497 e. The molecule has 0 spiro atoms. The van der Waals surface area contributed by atoms with Crippen LogP contribution in [-0.4, -0.2) is 20.2 Å². The fourth-order valence-electron chi connectivity index (χ4n) is 3.13. The van der Waals surface area contributed by atoms with Crippen molar-refractivity contribution >= 4 is 5.97 Å². The summed E-state index contributed by atoms with van der Waals surface area (Å²) in [5.74, 6) is -0.418. The van der Waals surface area contributed by atoms with E-state index in [0.29, 0.717) is 23.5 Å². The third-order valence-electron chi connectivity index (χ3n) is 4.62. The van der Waals surface area contributed by atoms with Gasteiger partial charge in [0.25, 0.3) is 0 Å². The molecule has 4 nitrogen and oxygen atoms in total. The zero-order valence-electron chi connectivity index (χ0n) is 14.9. The zero-order chi connectivity index (χ0) is 19.6. The number of halogens is 3. The normalized spacial score (nSPS) is 18.7. The Kier molecular flexibility index (Phi) is 5.30. The maximum absolute atomic E-state index is 13.1. The zero-order valence-corrected chi connectivity index (χ0v) is 14.9. The van der Waals surface area contributed by atoms with Crippen molar-refractivity contribution in [3.8, 4) is 11.5 Å². The predicted molar refractivity (Wildman–Crippen MR) is 91.6 cm³/mol. The molecule has 2 atom stereocenters. The van der Waals surface area contributed by atoms with Crippen LogP contribution in [0, 0.1) is 5.92 Å². The lowest BCUT2D eigenvalue weighted by Crippen LogP contribution is -2.11. The molecule has 2 aromatic carbocycles. The number of hydrogen-bond acceptors (Lipinski definition) is 4. The molecule has 2 aromatic rings. The Hall–Kier alpha value is -2.70. The van der Waals surface area contributed by atoms with Crippen molar-refractivity contribution in [2.24, 2.45) is 5.92 Å². The lowest BCUT2D eigenvalue weighted by atomic mass is 10.0. The molecule has 0 saturated heterocycles. The van der Waals surface area contributed by atoms with Gasteiger partial charge in [-0.05, 0) is 42.2 Å². The van der Waals surface area contributed by atoms with Gasteiger partial charge in [0, 0.05) is 5.56 Å². The Morgan fingerprint density at radius 2 is 1.85 bits per heavy atom. The van der Waals surface area contributed by atoms with Crippen molar-refractivity contribution in [3.05, 3.63) is 59.2 Å². The fourth-order valence-corrected chi connectivity index (χ4v) is 3.13. The van der Waals surface area contributed by atoms with Crippen LogP contribution < -0.4 is 9.47 Å². The van der Waals surface area contributed by atoms with Crippen molar-refractivity contribution < 1.29 is 32.2 Å². The first kappa shape index (κ1) is 19.1. The fraction of sp³-hybridized carbons (Fsp3) is 0.350. The molecule has 1 aliphatic carbocycles. The number of alkyl halides is 3. The number of esters is 1. The van der Waals surface area contributed by atoms with Crippen molar-refractivity contribution in [1.82, 2.24) is 0 Å². The highest BCUT2D eigenvalue weighted by atomic mass is 19.4. The average molecular weight is 380 g/mol. The second-order valence-electron chi connectivity index (χ2n) is 6.32. The Morgan fingerprint density at radius 3 is 2.52 bits per heavy atom. The number of rotatable bonds is 6. The molecule has 0 N–H and O–H groups in total. The van der Waals surface area contributed by atoms with E-state index in [0.717, 1.165) is 6.07 Å². The number of benzene rings is 2. The minimum atomic E-state index is -4.44. The highest BCUT2D eigenvalue weighted by Gasteiger charge is 2.48. The molecule has 0 heterocycles. The first-order valence-electron chi connectivity index (χ1n) is 8.38. The minimum absolute atomic E-state index is 0.0383. The third-order valence-corrected chi connectivity index (χ3v) is 4.62. The van der Waals surface area contributed by atoms with E-state index in [1.54, 1.807) is 24.3 Å². The molecule has 3 rings (SSSR count). The van der Waals surface area contributed by atoms with Crippen molar-refractivity contribution in [1.29, 1.82) is 0 Å². The van der Waals surface area contributed by atoms with Crippen molar-refractivity contribution in [2.75, 3.05) is 14.2 Å². The molecule has 7 heteroatoms. The Morgan fingerprint density at radius 1 is 1.11 bits per heavy atom. The number of carbonyl (C=O) groups is 1. The van der Waals surface area contributed by atoms with Crippen LogP contribution in [0.3, 0.4) is 0 Å². The molecule has 0 aromatic heterocycles. The van der Waals surface area contributed by atoms with Gasteiger partial charge in [0.1, 0.15) is 18.1 Å². The van der Waals surface area contributed by atoms with Gasteiger partial charge in [0.05, 0.1) is 25.7 Å². The van der Waals surface area contributed by atoms with Crippen molar-refractivity contribution in [2.45, 2.75) is 25.1 Å². The van der Waals surface area contributed by atoms with Crippen LogP contribution in [-0.2, 0) is 22.3 Å². The van der Waals surface area contributed by atoms with Gasteiger partial charge >= 0.3 is 12.1 Å². The molecule has 1 saturated carbocycles. The Balaban J connectivity index is 1.67. The monoisotopic (exact) mass is 380 g/mol. The van der Waals surface area contributed by atoms with Crippen molar-refractivity contribution in [3.63, 3.8) is 0 Å². The number of ether oxygens (including phenoxy) is 3. The summed E-state index contributed by atoms with van der Waals surface area (Å²) < 4.78 is 55.1. The van der Waals surface area contributed by atoms with Gasteiger partial charge in [-0.15, -0.1) is 0 Å². The van der Waals surface area contributed by atoms with Crippen LogP contribution in [0.5, 0.6) is 11.5 Å². The molecular formula is C20H19F3O4. The van der Waals surface area contributed by atoms with Crippen LogP contribution in [0.25, 0.3) is 0 Å². The van der Waals surface area contributed by atoms with E-state index in [-0.39, 0.29) is 12.2 Å². The van der Waals surface area contributed by atoms with E-state index in [1.165, 1.54) is 26.4 Å². The molecular weight excluding hydrogens is 361 g/mol. The summed E-state index contributed by atoms with van der Waals surface area (Å²) in [6.07, 6.45) is -4.09. The molecule has 2 unspecified atom stereocenters. The molecule has 0 aliphatic heterocycles. The highest BCUT2D eigenvalue weighted by Crippen LogP contribution is 2.51. The molecule has 0 radical (unpaired) electrons. The molecule has 1 fully saturated rings. The van der Waals surface area contributed by atoms with Crippen LogP contribution in [0.1, 0.15) is 29.0 Å². The summed E-state index contributed by atoms with van der Waals surface area (Å²) in [5, 5.41) is 0. The van der Waals surface area contributed by atoms with Gasteiger partial charge in [0.15, 0.2) is 0 Å². The van der Waals surface area contributed by atoms with Crippen LogP contribution in [0.15, 0.2) is 42.5 Å². The van der Waals surface area contributed by atoms with Crippen LogP contribution >= 0.6 is 0 Å². The van der Waals surface area contributed by atoms with Gasteiger partial charge in [-0.25, -0.2) is 0 Å². The molecule has 144 valence electrons.